The lowest BCUT2D eigenvalue weighted by Crippen LogP contribution is -2.49. The van der Waals surface area contributed by atoms with Crippen LogP contribution in [0.1, 0.15) is 38.8 Å². The number of benzene rings is 2. The molecule has 0 aromatic heterocycles. The first-order valence-corrected chi connectivity index (χ1v) is 8.95. The molecule has 0 heterocycles. The van der Waals surface area contributed by atoms with E-state index in [-0.39, 0.29) is 17.9 Å². The fourth-order valence-electron chi connectivity index (χ4n) is 2.72. The minimum Gasteiger partial charge on any atom is -0.335 e. The molecule has 0 aliphatic rings. The van der Waals surface area contributed by atoms with Crippen molar-refractivity contribution in [3.63, 3.8) is 0 Å². The Kier molecular flexibility index (Phi) is 6.19. The monoisotopic (exact) mass is 352 g/mol. The van der Waals surface area contributed by atoms with Crippen LogP contribution in [0.4, 0.5) is 5.69 Å². The summed E-state index contributed by atoms with van der Waals surface area (Å²) in [6, 6.07) is 17.4. The number of nitrogens with zero attached hydrogens (tertiary/aromatic N) is 1. The van der Waals surface area contributed by atoms with Crippen LogP contribution in [0.2, 0.25) is 0 Å². The van der Waals surface area contributed by atoms with E-state index in [1.807, 2.05) is 75.4 Å². The van der Waals surface area contributed by atoms with Gasteiger partial charge >= 0.3 is 0 Å². The maximum absolute atomic E-state index is 13.2. The molecule has 0 saturated heterocycles. The lowest BCUT2D eigenvalue weighted by atomic mass is 9.89. The molecule has 1 N–H and O–H groups in total. The number of nitrogens with one attached hydrogen (secondary N) is 1. The van der Waals surface area contributed by atoms with Crippen LogP contribution < -0.4 is 5.32 Å². The van der Waals surface area contributed by atoms with Gasteiger partial charge in [0.2, 0.25) is 11.8 Å². The highest BCUT2D eigenvalue weighted by molar-refractivity contribution is 6.10. The van der Waals surface area contributed by atoms with Gasteiger partial charge in [0.25, 0.3) is 0 Å². The Bertz CT molecular complexity index is 767. The van der Waals surface area contributed by atoms with E-state index in [0.717, 1.165) is 16.8 Å². The summed E-state index contributed by atoms with van der Waals surface area (Å²) < 4.78 is 0. The Hall–Kier alpha value is -2.62. The molecule has 0 spiro atoms. The third kappa shape index (κ3) is 4.51. The molecule has 2 amide bonds. The second kappa shape index (κ2) is 8.17. The summed E-state index contributed by atoms with van der Waals surface area (Å²) in [5.41, 5.74) is 1.58. The Balaban J connectivity index is 2.20. The average molecular weight is 352 g/mol. The molecule has 0 bridgehead atoms. The molecule has 2 rings (SSSR count). The molecule has 26 heavy (non-hydrogen) atoms. The number of para-hydroxylation sites is 1. The Morgan fingerprint density at radius 2 is 1.58 bits per heavy atom. The lowest BCUT2D eigenvalue weighted by Gasteiger charge is -2.34. The predicted molar refractivity (Wildman–Crippen MR) is 106 cm³/mol. The van der Waals surface area contributed by atoms with Crippen LogP contribution in [0.15, 0.2) is 54.6 Å². The summed E-state index contributed by atoms with van der Waals surface area (Å²) in [6.45, 7) is 9.72. The van der Waals surface area contributed by atoms with Gasteiger partial charge in [0.1, 0.15) is 5.41 Å². The van der Waals surface area contributed by atoms with Gasteiger partial charge in [-0.25, -0.2) is 0 Å². The second-order valence-corrected chi connectivity index (χ2v) is 7.41. The van der Waals surface area contributed by atoms with Gasteiger partial charge in [0.05, 0.1) is 0 Å². The fraction of sp³-hybridized carbons (Fsp3) is 0.364. The zero-order chi connectivity index (χ0) is 19.3. The first kappa shape index (κ1) is 19.7. The summed E-state index contributed by atoms with van der Waals surface area (Å²) in [5, 5.41) is 2.90. The van der Waals surface area contributed by atoms with Crippen molar-refractivity contribution in [1.29, 1.82) is 0 Å². The second-order valence-electron chi connectivity index (χ2n) is 7.41. The van der Waals surface area contributed by atoms with Crippen LogP contribution in [0.25, 0.3) is 0 Å². The molecule has 2 aromatic rings. The standard InChI is InChI=1S/C22H28N2O2/c1-16(2)24(15-18-12-7-6-8-13-18)21(26)22(4,5)20(25)23-19-14-10-9-11-17(19)3/h6-14,16H,15H2,1-5H3,(H,23,25). The molecule has 0 fully saturated rings. The molecule has 0 atom stereocenters. The van der Waals surface area contributed by atoms with Gasteiger partial charge in [-0.1, -0.05) is 48.5 Å². The Morgan fingerprint density at radius 1 is 1.00 bits per heavy atom. The molecule has 4 heteroatoms. The minimum atomic E-state index is -1.17. The number of hydrogen-bond acceptors (Lipinski definition) is 2. The van der Waals surface area contributed by atoms with E-state index >= 15 is 0 Å². The molecule has 0 radical (unpaired) electrons. The molecule has 2 aromatic carbocycles. The number of amides is 2. The smallest absolute Gasteiger partial charge is 0.239 e. The van der Waals surface area contributed by atoms with Crippen molar-refractivity contribution in [2.45, 2.75) is 47.2 Å². The fourth-order valence-corrected chi connectivity index (χ4v) is 2.72. The molecular formula is C22H28N2O2. The van der Waals surface area contributed by atoms with Crippen molar-refractivity contribution < 1.29 is 9.59 Å². The van der Waals surface area contributed by atoms with Gasteiger partial charge in [0.15, 0.2) is 0 Å². The Morgan fingerprint density at radius 3 is 2.15 bits per heavy atom. The van der Waals surface area contributed by atoms with Crippen molar-refractivity contribution in [1.82, 2.24) is 4.90 Å². The summed E-state index contributed by atoms with van der Waals surface area (Å²) in [6.07, 6.45) is 0. The largest absolute Gasteiger partial charge is 0.335 e. The molecule has 0 aliphatic carbocycles. The Labute approximate surface area is 156 Å². The molecule has 0 unspecified atom stereocenters. The zero-order valence-electron chi connectivity index (χ0n) is 16.2. The van der Waals surface area contributed by atoms with Crippen LogP contribution in [-0.4, -0.2) is 22.8 Å². The van der Waals surface area contributed by atoms with Crippen LogP contribution in [0, 0.1) is 12.3 Å². The molecule has 0 aliphatic heterocycles. The molecule has 138 valence electrons. The van der Waals surface area contributed by atoms with Crippen molar-refractivity contribution in [3.8, 4) is 0 Å². The number of carbonyl (C=O) groups excluding carboxylic acids is 2. The molecular weight excluding hydrogens is 324 g/mol. The van der Waals surface area contributed by atoms with E-state index < -0.39 is 5.41 Å². The lowest BCUT2D eigenvalue weighted by molar-refractivity contribution is -0.148. The van der Waals surface area contributed by atoms with Gasteiger partial charge < -0.3 is 10.2 Å². The van der Waals surface area contributed by atoms with Gasteiger partial charge in [-0.05, 0) is 51.8 Å². The van der Waals surface area contributed by atoms with Gasteiger partial charge in [0, 0.05) is 18.3 Å². The summed E-state index contributed by atoms with van der Waals surface area (Å²) >= 11 is 0. The first-order valence-electron chi connectivity index (χ1n) is 8.95. The maximum atomic E-state index is 13.2. The van der Waals surface area contributed by atoms with Crippen LogP contribution >= 0.6 is 0 Å². The van der Waals surface area contributed by atoms with Crippen LogP contribution in [-0.2, 0) is 16.1 Å². The quantitative estimate of drug-likeness (QED) is 0.784. The van der Waals surface area contributed by atoms with Crippen LogP contribution in [0.3, 0.4) is 0 Å². The zero-order valence-corrected chi connectivity index (χ0v) is 16.2. The highest BCUT2D eigenvalue weighted by atomic mass is 16.2. The molecule has 4 nitrogen and oxygen atoms in total. The van der Waals surface area contributed by atoms with E-state index in [1.165, 1.54) is 0 Å². The number of carbonyl (C=O) groups is 2. The number of aryl methyl sites for hydroxylation is 1. The highest BCUT2D eigenvalue weighted by Gasteiger charge is 2.40. The number of anilines is 1. The average Bonchev–Trinajstić information content (AvgIpc) is 2.61. The van der Waals surface area contributed by atoms with Crippen molar-refractivity contribution >= 4 is 17.5 Å². The molecule has 0 saturated carbocycles. The first-order chi connectivity index (χ1) is 12.2. The van der Waals surface area contributed by atoms with Crippen molar-refractivity contribution in [3.05, 3.63) is 65.7 Å². The predicted octanol–water partition coefficient (Wildman–Crippen LogP) is 4.40. The van der Waals surface area contributed by atoms with Crippen molar-refractivity contribution in [2.75, 3.05) is 5.32 Å². The third-order valence-corrected chi connectivity index (χ3v) is 4.58. The third-order valence-electron chi connectivity index (χ3n) is 4.58. The van der Waals surface area contributed by atoms with E-state index in [4.69, 9.17) is 0 Å². The van der Waals surface area contributed by atoms with E-state index in [1.54, 1.807) is 18.7 Å². The highest BCUT2D eigenvalue weighted by Crippen LogP contribution is 2.25. The SMILES string of the molecule is Cc1ccccc1NC(=O)C(C)(C)C(=O)N(Cc1ccccc1)C(C)C. The van der Waals surface area contributed by atoms with Crippen molar-refractivity contribution in [2.24, 2.45) is 5.41 Å². The number of hydrogen-bond donors (Lipinski definition) is 1. The number of rotatable bonds is 6. The van der Waals surface area contributed by atoms with E-state index in [2.05, 4.69) is 5.32 Å². The summed E-state index contributed by atoms with van der Waals surface area (Å²) in [4.78, 5) is 27.8. The van der Waals surface area contributed by atoms with Crippen LogP contribution in [0.5, 0.6) is 0 Å². The maximum Gasteiger partial charge on any atom is 0.239 e. The van der Waals surface area contributed by atoms with E-state index in [9.17, 15) is 9.59 Å². The summed E-state index contributed by atoms with van der Waals surface area (Å²) in [7, 11) is 0. The van der Waals surface area contributed by atoms with Gasteiger partial charge in [-0.15, -0.1) is 0 Å². The van der Waals surface area contributed by atoms with Gasteiger partial charge in [-0.2, -0.15) is 0 Å². The van der Waals surface area contributed by atoms with E-state index in [0.29, 0.717) is 6.54 Å². The normalized spacial score (nSPS) is 11.3. The van der Waals surface area contributed by atoms with Gasteiger partial charge in [-0.3, -0.25) is 9.59 Å². The summed E-state index contributed by atoms with van der Waals surface area (Å²) in [5.74, 6) is -0.474. The topological polar surface area (TPSA) is 49.4 Å². The minimum absolute atomic E-state index is 0.00626.